The second-order valence-electron chi connectivity index (χ2n) is 1.82. The Hall–Kier alpha value is -0.970. The van der Waals surface area contributed by atoms with Gasteiger partial charge in [-0.25, -0.2) is 4.98 Å². The summed E-state index contributed by atoms with van der Waals surface area (Å²) in [4.78, 5) is 7.03. The van der Waals surface area contributed by atoms with Crippen LogP contribution < -0.4 is 0 Å². The zero-order valence-electron chi connectivity index (χ0n) is 4.87. The number of imidazole rings is 1. The second-order valence-corrected chi connectivity index (χ2v) is 2.57. The molecule has 0 bridgehead atoms. The molecule has 0 aliphatic heterocycles. The van der Waals surface area contributed by atoms with Crippen molar-refractivity contribution >= 4 is 27.0 Å². The van der Waals surface area contributed by atoms with Gasteiger partial charge < -0.3 is 4.98 Å². The molecule has 0 radical (unpaired) electrons. The molecule has 2 rings (SSSR count). The van der Waals surface area contributed by atoms with Crippen LogP contribution in [-0.2, 0) is 0 Å². The maximum Gasteiger partial charge on any atom is 0.175 e. The van der Waals surface area contributed by atoms with Crippen LogP contribution >= 0.6 is 15.9 Å². The highest BCUT2D eigenvalue weighted by molar-refractivity contribution is 9.10. The average Bonchev–Trinajstić information content (AvgIpc) is 2.27. The number of rotatable bonds is 0. The highest BCUT2D eigenvalue weighted by atomic mass is 79.9. The van der Waals surface area contributed by atoms with Gasteiger partial charge in [0.25, 0.3) is 0 Å². The molecule has 50 valence electrons. The Kier molecular flexibility index (Phi) is 1.17. The SMILES string of the molecule is Brc1nc2cnncc2[nH]1. The van der Waals surface area contributed by atoms with E-state index >= 15 is 0 Å². The summed E-state index contributed by atoms with van der Waals surface area (Å²) in [5.74, 6) is 0. The van der Waals surface area contributed by atoms with E-state index in [1.807, 2.05) is 0 Å². The minimum Gasteiger partial charge on any atom is -0.331 e. The lowest BCUT2D eigenvalue weighted by Crippen LogP contribution is -1.76. The Labute approximate surface area is 64.8 Å². The summed E-state index contributed by atoms with van der Waals surface area (Å²) in [5.41, 5.74) is 1.71. The zero-order chi connectivity index (χ0) is 6.97. The molecule has 0 saturated carbocycles. The van der Waals surface area contributed by atoms with E-state index in [2.05, 4.69) is 36.1 Å². The van der Waals surface area contributed by atoms with Gasteiger partial charge in [0.2, 0.25) is 0 Å². The van der Waals surface area contributed by atoms with Crippen LogP contribution in [0.3, 0.4) is 0 Å². The Balaban J connectivity index is 2.88. The smallest absolute Gasteiger partial charge is 0.175 e. The van der Waals surface area contributed by atoms with Crippen molar-refractivity contribution in [3.8, 4) is 0 Å². The molecule has 0 aliphatic carbocycles. The minimum absolute atomic E-state index is 0.706. The number of H-pyrrole nitrogens is 1. The molecule has 0 aliphatic rings. The first-order valence-electron chi connectivity index (χ1n) is 2.68. The maximum atomic E-state index is 4.07. The summed E-state index contributed by atoms with van der Waals surface area (Å²) in [5, 5.41) is 7.36. The van der Waals surface area contributed by atoms with E-state index in [9.17, 15) is 0 Å². The normalized spacial score (nSPS) is 10.5. The summed E-state index contributed by atoms with van der Waals surface area (Å²) < 4.78 is 0.706. The van der Waals surface area contributed by atoms with Crippen molar-refractivity contribution in [2.75, 3.05) is 0 Å². The summed E-state index contributed by atoms with van der Waals surface area (Å²) in [6, 6.07) is 0. The van der Waals surface area contributed by atoms with Gasteiger partial charge in [-0.3, -0.25) is 0 Å². The van der Waals surface area contributed by atoms with Crippen LogP contribution in [0.4, 0.5) is 0 Å². The monoisotopic (exact) mass is 198 g/mol. The van der Waals surface area contributed by atoms with E-state index in [0.717, 1.165) is 11.0 Å². The number of fused-ring (bicyclic) bond motifs is 1. The zero-order valence-corrected chi connectivity index (χ0v) is 6.46. The number of halogens is 1. The van der Waals surface area contributed by atoms with Gasteiger partial charge in [-0.2, -0.15) is 10.2 Å². The number of hydrogen-bond donors (Lipinski definition) is 1. The van der Waals surface area contributed by atoms with E-state index in [1.54, 1.807) is 12.4 Å². The van der Waals surface area contributed by atoms with Crippen LogP contribution in [0.15, 0.2) is 17.1 Å². The summed E-state index contributed by atoms with van der Waals surface area (Å²) in [7, 11) is 0. The van der Waals surface area contributed by atoms with E-state index in [4.69, 9.17) is 0 Å². The molecular formula is C5H3BrN4. The average molecular weight is 199 g/mol. The van der Waals surface area contributed by atoms with Crippen molar-refractivity contribution in [3.63, 3.8) is 0 Å². The molecule has 0 aromatic carbocycles. The van der Waals surface area contributed by atoms with Gasteiger partial charge in [0.05, 0.1) is 17.9 Å². The van der Waals surface area contributed by atoms with Crippen LogP contribution in [0, 0.1) is 0 Å². The third-order valence-electron chi connectivity index (χ3n) is 1.17. The van der Waals surface area contributed by atoms with Crippen LogP contribution in [0.25, 0.3) is 11.0 Å². The Morgan fingerprint density at radius 2 is 2.10 bits per heavy atom. The van der Waals surface area contributed by atoms with Gasteiger partial charge in [-0.05, 0) is 15.9 Å². The largest absolute Gasteiger partial charge is 0.331 e. The van der Waals surface area contributed by atoms with Gasteiger partial charge in [-0.15, -0.1) is 0 Å². The molecule has 2 aromatic rings. The Bertz CT molecular complexity index is 322. The fourth-order valence-electron chi connectivity index (χ4n) is 0.745. The predicted octanol–water partition coefficient (Wildman–Crippen LogP) is 1.12. The van der Waals surface area contributed by atoms with E-state index in [0.29, 0.717) is 4.73 Å². The molecule has 10 heavy (non-hydrogen) atoms. The highest BCUT2D eigenvalue weighted by Crippen LogP contribution is 2.10. The van der Waals surface area contributed by atoms with Crippen molar-refractivity contribution in [1.82, 2.24) is 20.2 Å². The number of aromatic amines is 1. The molecular weight excluding hydrogens is 196 g/mol. The Morgan fingerprint density at radius 1 is 1.30 bits per heavy atom. The molecule has 1 N–H and O–H groups in total. The van der Waals surface area contributed by atoms with Gasteiger partial charge in [-0.1, -0.05) is 0 Å². The lowest BCUT2D eigenvalue weighted by atomic mass is 10.5. The van der Waals surface area contributed by atoms with Gasteiger partial charge in [0.1, 0.15) is 5.52 Å². The van der Waals surface area contributed by atoms with E-state index in [1.165, 1.54) is 0 Å². The van der Waals surface area contributed by atoms with Crippen LogP contribution in [0.5, 0.6) is 0 Å². The standard InChI is InChI=1S/C5H3BrN4/c6-5-9-3-1-7-8-2-4(3)10-5/h1-2H,(H,9,10). The summed E-state index contributed by atoms with van der Waals surface area (Å²) >= 11 is 3.20. The summed E-state index contributed by atoms with van der Waals surface area (Å²) in [6.45, 7) is 0. The van der Waals surface area contributed by atoms with Gasteiger partial charge in [0.15, 0.2) is 4.73 Å². The molecule has 2 heterocycles. The number of aromatic nitrogens is 4. The van der Waals surface area contributed by atoms with Crippen molar-refractivity contribution in [3.05, 3.63) is 17.1 Å². The van der Waals surface area contributed by atoms with Crippen LogP contribution in [0.2, 0.25) is 0 Å². The lowest BCUT2D eigenvalue weighted by molar-refractivity contribution is 1.05. The van der Waals surface area contributed by atoms with Crippen molar-refractivity contribution in [2.45, 2.75) is 0 Å². The maximum absolute atomic E-state index is 4.07. The van der Waals surface area contributed by atoms with Gasteiger partial charge in [0, 0.05) is 0 Å². The molecule has 0 saturated heterocycles. The third kappa shape index (κ3) is 0.786. The minimum atomic E-state index is 0.706. The van der Waals surface area contributed by atoms with Crippen LogP contribution in [-0.4, -0.2) is 20.2 Å². The molecule has 0 amide bonds. The highest BCUT2D eigenvalue weighted by Gasteiger charge is 1.97. The summed E-state index contributed by atoms with van der Waals surface area (Å²) in [6.07, 6.45) is 3.24. The number of nitrogens with one attached hydrogen (secondary N) is 1. The molecule has 2 aromatic heterocycles. The predicted molar refractivity (Wildman–Crippen MR) is 39.4 cm³/mol. The molecule has 0 spiro atoms. The van der Waals surface area contributed by atoms with Crippen molar-refractivity contribution < 1.29 is 0 Å². The third-order valence-corrected chi connectivity index (χ3v) is 1.54. The number of hydrogen-bond acceptors (Lipinski definition) is 3. The van der Waals surface area contributed by atoms with Gasteiger partial charge >= 0.3 is 0 Å². The quantitative estimate of drug-likeness (QED) is 0.691. The van der Waals surface area contributed by atoms with Crippen LogP contribution in [0.1, 0.15) is 0 Å². The fourth-order valence-corrected chi connectivity index (χ4v) is 1.15. The van der Waals surface area contributed by atoms with Crippen molar-refractivity contribution in [2.24, 2.45) is 0 Å². The Morgan fingerprint density at radius 3 is 2.90 bits per heavy atom. The first-order chi connectivity index (χ1) is 4.86. The van der Waals surface area contributed by atoms with Crippen molar-refractivity contribution in [1.29, 1.82) is 0 Å². The lowest BCUT2D eigenvalue weighted by Gasteiger charge is -1.79. The fraction of sp³-hybridized carbons (Fsp3) is 0. The van der Waals surface area contributed by atoms with E-state index < -0.39 is 0 Å². The molecule has 5 heteroatoms. The molecule has 4 nitrogen and oxygen atoms in total. The molecule has 0 atom stereocenters. The number of nitrogens with zero attached hydrogens (tertiary/aromatic N) is 3. The first-order valence-corrected chi connectivity index (χ1v) is 3.47. The first kappa shape index (κ1) is 5.79. The second kappa shape index (κ2) is 2.02. The molecule has 0 fully saturated rings. The topological polar surface area (TPSA) is 54.5 Å². The van der Waals surface area contributed by atoms with E-state index in [-0.39, 0.29) is 0 Å². The molecule has 0 unspecified atom stereocenters.